The van der Waals surface area contributed by atoms with Gasteiger partial charge in [-0.05, 0) is 18.6 Å². The fourth-order valence-corrected chi connectivity index (χ4v) is 4.05. The second-order valence-electron chi connectivity index (χ2n) is 6.58. The summed E-state index contributed by atoms with van der Waals surface area (Å²) in [7, 11) is 0. The zero-order valence-corrected chi connectivity index (χ0v) is 16.6. The third-order valence-electron chi connectivity index (χ3n) is 4.32. The molecule has 2 aromatic heterocycles. The van der Waals surface area contributed by atoms with Crippen molar-refractivity contribution in [2.75, 3.05) is 41.7 Å². The van der Waals surface area contributed by atoms with Gasteiger partial charge in [-0.15, -0.1) is 11.3 Å². The van der Waals surface area contributed by atoms with Crippen LogP contribution in [0.4, 0.5) is 16.6 Å². The van der Waals surface area contributed by atoms with Crippen molar-refractivity contribution >= 4 is 39.8 Å². The Bertz CT molecular complexity index is 829. The third-order valence-corrected chi connectivity index (χ3v) is 5.22. The van der Waals surface area contributed by atoms with E-state index >= 15 is 0 Å². The van der Waals surface area contributed by atoms with E-state index < -0.39 is 0 Å². The van der Waals surface area contributed by atoms with Crippen LogP contribution in [0.5, 0.6) is 0 Å². The van der Waals surface area contributed by atoms with Gasteiger partial charge in [-0.1, -0.05) is 0 Å². The number of nitrogens with zero attached hydrogens (tertiary/aromatic N) is 4. The average molecular weight is 388 g/mol. The summed E-state index contributed by atoms with van der Waals surface area (Å²) in [5, 5.41) is 6.19. The number of pyridine rings is 1. The van der Waals surface area contributed by atoms with Crippen LogP contribution >= 0.6 is 11.3 Å². The highest BCUT2D eigenvalue weighted by atomic mass is 32.1. The molecule has 3 rings (SSSR count). The summed E-state index contributed by atoms with van der Waals surface area (Å²) in [4.78, 5) is 36.9. The number of aryl methyl sites for hydroxylation is 1. The van der Waals surface area contributed by atoms with Gasteiger partial charge in [0.15, 0.2) is 10.9 Å². The lowest BCUT2D eigenvalue weighted by Gasteiger charge is -2.37. The minimum absolute atomic E-state index is 0.105. The number of hydrogen-bond acceptors (Lipinski definition) is 7. The molecule has 1 fully saturated rings. The molecular weight excluding hydrogens is 364 g/mol. The molecule has 0 aromatic carbocycles. The van der Waals surface area contributed by atoms with Gasteiger partial charge in [0, 0.05) is 63.8 Å². The van der Waals surface area contributed by atoms with Crippen molar-refractivity contribution in [1.29, 1.82) is 0 Å². The number of nitrogens with one attached hydrogen (secondary N) is 2. The van der Waals surface area contributed by atoms with Gasteiger partial charge in [0.25, 0.3) is 0 Å². The normalized spacial score (nSPS) is 14.9. The van der Waals surface area contributed by atoms with Crippen LogP contribution in [0.2, 0.25) is 0 Å². The van der Waals surface area contributed by atoms with Gasteiger partial charge in [0.05, 0.1) is 5.69 Å². The van der Waals surface area contributed by atoms with Crippen molar-refractivity contribution in [2.45, 2.75) is 27.3 Å². The zero-order valence-electron chi connectivity index (χ0n) is 15.8. The Morgan fingerprint density at radius 3 is 2.48 bits per heavy atom. The maximum atomic E-state index is 11.5. The number of carbonyl (C=O) groups is 2. The van der Waals surface area contributed by atoms with E-state index in [-0.39, 0.29) is 11.8 Å². The van der Waals surface area contributed by atoms with E-state index in [1.807, 2.05) is 19.2 Å². The highest BCUT2D eigenvalue weighted by Gasteiger charge is 2.22. The van der Waals surface area contributed by atoms with Crippen LogP contribution in [0.15, 0.2) is 18.5 Å². The first-order valence-corrected chi connectivity index (χ1v) is 9.67. The van der Waals surface area contributed by atoms with Crippen molar-refractivity contribution < 1.29 is 9.59 Å². The van der Waals surface area contributed by atoms with Crippen molar-refractivity contribution in [3.8, 4) is 0 Å². The van der Waals surface area contributed by atoms with Gasteiger partial charge >= 0.3 is 0 Å². The molecule has 3 heterocycles. The van der Waals surface area contributed by atoms with Gasteiger partial charge in [0.2, 0.25) is 11.8 Å². The van der Waals surface area contributed by atoms with Gasteiger partial charge in [-0.25, -0.2) is 9.97 Å². The fraction of sp³-hybridized carbons (Fsp3) is 0.444. The molecule has 0 bridgehead atoms. The Morgan fingerprint density at radius 2 is 1.81 bits per heavy atom. The van der Waals surface area contributed by atoms with Crippen molar-refractivity contribution in [3.63, 3.8) is 0 Å². The molecule has 0 unspecified atom stereocenters. The van der Waals surface area contributed by atoms with E-state index in [0.29, 0.717) is 10.9 Å². The van der Waals surface area contributed by atoms with Gasteiger partial charge in [0.1, 0.15) is 0 Å². The maximum Gasteiger partial charge on any atom is 0.223 e. The molecule has 1 aliphatic heterocycles. The molecule has 0 atom stereocenters. The lowest BCUT2D eigenvalue weighted by atomic mass is 10.2. The van der Waals surface area contributed by atoms with Crippen molar-refractivity contribution in [2.24, 2.45) is 0 Å². The van der Waals surface area contributed by atoms with Gasteiger partial charge in [-0.3, -0.25) is 14.5 Å². The predicted molar refractivity (Wildman–Crippen MR) is 107 cm³/mol. The van der Waals surface area contributed by atoms with Crippen LogP contribution in [0.3, 0.4) is 0 Å². The summed E-state index contributed by atoms with van der Waals surface area (Å²) in [6.45, 7) is 9.35. The molecule has 0 aliphatic carbocycles. The number of piperazine rings is 1. The quantitative estimate of drug-likeness (QED) is 0.815. The Hall–Kier alpha value is -2.52. The Morgan fingerprint density at radius 1 is 1.11 bits per heavy atom. The molecule has 2 aromatic rings. The minimum Gasteiger partial charge on any atom is -0.366 e. The van der Waals surface area contributed by atoms with E-state index in [1.165, 1.54) is 25.2 Å². The number of hydrogen-bond donors (Lipinski definition) is 2. The summed E-state index contributed by atoms with van der Waals surface area (Å²) in [6, 6.07) is 1.97. The number of rotatable bonds is 5. The molecule has 0 saturated carbocycles. The summed E-state index contributed by atoms with van der Waals surface area (Å²) < 4.78 is 0. The van der Waals surface area contributed by atoms with Crippen LogP contribution in [-0.4, -0.2) is 52.9 Å². The lowest BCUT2D eigenvalue weighted by molar-refractivity contribution is -0.115. The third kappa shape index (κ3) is 5.01. The molecule has 2 amide bonds. The van der Waals surface area contributed by atoms with Crippen molar-refractivity contribution in [3.05, 3.63) is 28.9 Å². The largest absolute Gasteiger partial charge is 0.366 e. The second kappa shape index (κ2) is 8.45. The highest BCUT2D eigenvalue weighted by Crippen LogP contribution is 2.29. The summed E-state index contributed by atoms with van der Waals surface area (Å²) in [6.07, 6.45) is 3.54. The first-order valence-electron chi connectivity index (χ1n) is 8.85. The number of amides is 2. The van der Waals surface area contributed by atoms with E-state index in [4.69, 9.17) is 0 Å². The molecule has 8 nitrogen and oxygen atoms in total. The summed E-state index contributed by atoms with van der Waals surface area (Å²) in [5.74, 6) is 0.401. The molecule has 9 heteroatoms. The molecule has 0 spiro atoms. The van der Waals surface area contributed by atoms with Crippen LogP contribution in [0.25, 0.3) is 0 Å². The first-order chi connectivity index (χ1) is 12.9. The number of aromatic nitrogens is 2. The smallest absolute Gasteiger partial charge is 0.223 e. The van der Waals surface area contributed by atoms with E-state index in [9.17, 15) is 9.59 Å². The van der Waals surface area contributed by atoms with Gasteiger partial charge in [-0.2, -0.15) is 0 Å². The first kappa shape index (κ1) is 19.2. The van der Waals surface area contributed by atoms with Gasteiger partial charge < -0.3 is 15.5 Å². The molecule has 27 heavy (non-hydrogen) atoms. The lowest BCUT2D eigenvalue weighted by Crippen LogP contribution is -2.46. The molecule has 1 aliphatic rings. The summed E-state index contributed by atoms with van der Waals surface area (Å²) >= 11 is 1.51. The van der Waals surface area contributed by atoms with E-state index in [1.54, 1.807) is 6.20 Å². The Balaban J connectivity index is 1.61. The Labute approximate surface area is 162 Å². The highest BCUT2D eigenvalue weighted by molar-refractivity contribution is 7.15. The number of thiazole rings is 1. The van der Waals surface area contributed by atoms with Crippen LogP contribution in [0, 0.1) is 6.92 Å². The average Bonchev–Trinajstić information content (AvgIpc) is 3.02. The van der Waals surface area contributed by atoms with Crippen LogP contribution < -0.4 is 15.5 Å². The standard InChI is InChI=1S/C18H24N6O2S/c1-12-4-5-19-17(21-13(2)25)16(12)24-8-6-23(7-9-24)11-15-10-20-18(27-15)22-14(3)26/h4-5,10H,6-9,11H2,1-3H3,(H,19,21,25)(H,20,22,26). The SMILES string of the molecule is CC(=O)Nc1ncc(CN2CCN(c3c(C)ccnc3NC(C)=O)CC2)s1. The number of carbonyl (C=O) groups excluding carboxylic acids is 2. The predicted octanol–water partition coefficient (Wildman–Crippen LogP) is 2.09. The van der Waals surface area contributed by atoms with E-state index in [0.717, 1.165) is 48.9 Å². The van der Waals surface area contributed by atoms with Crippen LogP contribution in [0.1, 0.15) is 24.3 Å². The fourth-order valence-electron chi connectivity index (χ4n) is 3.15. The van der Waals surface area contributed by atoms with Crippen molar-refractivity contribution in [1.82, 2.24) is 14.9 Å². The maximum absolute atomic E-state index is 11.5. The summed E-state index contributed by atoms with van der Waals surface area (Å²) in [5.41, 5.74) is 2.10. The van der Waals surface area contributed by atoms with E-state index in [2.05, 4.69) is 30.4 Å². The Kier molecular flexibility index (Phi) is 6.02. The molecule has 144 valence electrons. The monoisotopic (exact) mass is 388 g/mol. The topological polar surface area (TPSA) is 90.5 Å². The number of anilines is 3. The molecule has 0 radical (unpaired) electrons. The molecular formula is C18H24N6O2S. The second-order valence-corrected chi connectivity index (χ2v) is 7.70. The van der Waals surface area contributed by atoms with Crippen LogP contribution in [-0.2, 0) is 16.1 Å². The minimum atomic E-state index is -0.117. The zero-order chi connectivity index (χ0) is 19.4. The molecule has 2 N–H and O–H groups in total. The molecule has 1 saturated heterocycles.